The maximum atomic E-state index is 13.0. The fourth-order valence-corrected chi connectivity index (χ4v) is 4.89. The largest absolute Gasteiger partial charge is 0.372 e. The van der Waals surface area contributed by atoms with Crippen LogP contribution in [0, 0.1) is 18.3 Å². The fourth-order valence-electron chi connectivity index (χ4n) is 4.89. The Morgan fingerprint density at radius 2 is 1.86 bits per heavy atom. The molecule has 3 atom stereocenters. The Bertz CT molecular complexity index is 733. The van der Waals surface area contributed by atoms with Crippen LogP contribution in [0.25, 0.3) is 0 Å². The minimum absolute atomic E-state index is 0.171. The summed E-state index contributed by atoms with van der Waals surface area (Å²) < 4.78 is 5.91. The first-order valence-electron chi connectivity index (χ1n) is 11.1. The Morgan fingerprint density at radius 1 is 1.21 bits per heavy atom. The van der Waals surface area contributed by atoms with Crippen LogP contribution in [0.5, 0.6) is 0 Å². The molecule has 1 aromatic heterocycles. The van der Waals surface area contributed by atoms with E-state index in [-0.39, 0.29) is 23.5 Å². The molecule has 6 nitrogen and oxygen atoms in total. The molecular weight excluding hydrogens is 364 g/mol. The number of hydrogen-bond donors (Lipinski definition) is 0. The summed E-state index contributed by atoms with van der Waals surface area (Å²) in [6.45, 7) is 18.1. The molecule has 0 N–H and O–H groups in total. The number of nitrogens with zero attached hydrogens (tertiary/aromatic N) is 4. The van der Waals surface area contributed by atoms with E-state index in [1.165, 1.54) is 0 Å². The van der Waals surface area contributed by atoms with Crippen LogP contribution >= 0.6 is 0 Å². The lowest BCUT2D eigenvalue weighted by molar-refractivity contribution is -0.133. The molecule has 0 spiro atoms. The van der Waals surface area contributed by atoms with Crippen LogP contribution in [0.3, 0.4) is 0 Å². The van der Waals surface area contributed by atoms with Crippen LogP contribution in [0.15, 0.2) is 0 Å². The van der Waals surface area contributed by atoms with E-state index >= 15 is 0 Å². The molecule has 0 aromatic carbocycles. The van der Waals surface area contributed by atoms with Gasteiger partial charge in [0.1, 0.15) is 11.6 Å². The van der Waals surface area contributed by atoms with Crippen molar-refractivity contribution in [3.63, 3.8) is 0 Å². The van der Waals surface area contributed by atoms with Gasteiger partial charge in [-0.05, 0) is 38.5 Å². The molecule has 0 saturated carbocycles. The van der Waals surface area contributed by atoms with Gasteiger partial charge >= 0.3 is 0 Å². The van der Waals surface area contributed by atoms with E-state index in [1.54, 1.807) is 0 Å². The topological polar surface area (TPSA) is 58.6 Å². The van der Waals surface area contributed by atoms with Crippen molar-refractivity contribution < 1.29 is 9.53 Å². The fraction of sp³-hybridized carbons (Fsp3) is 0.783. The number of fused-ring (bicyclic) bond motifs is 1. The van der Waals surface area contributed by atoms with E-state index in [0.29, 0.717) is 18.9 Å². The number of anilines is 1. The zero-order valence-electron chi connectivity index (χ0n) is 19.3. The van der Waals surface area contributed by atoms with E-state index in [9.17, 15) is 4.79 Å². The average Bonchev–Trinajstić information content (AvgIpc) is 2.57. The standard InChI is InChI=1S/C23H38N4O2/c1-15(11-23(5,6)7)10-21(28)26-9-8-20-19(14-26)22(25-18(4)24-20)27-12-16(2)29-17(3)13-27/h15-17H,8-14H2,1-7H3/t15-,16-,17+/m1/s1. The first-order chi connectivity index (χ1) is 13.5. The van der Waals surface area contributed by atoms with Gasteiger partial charge in [0.2, 0.25) is 5.91 Å². The van der Waals surface area contributed by atoms with Crippen molar-refractivity contribution in [2.24, 2.45) is 11.3 Å². The number of carbonyl (C=O) groups excluding carboxylic acids is 1. The highest BCUT2D eigenvalue weighted by Crippen LogP contribution is 2.31. The van der Waals surface area contributed by atoms with Crippen molar-refractivity contribution >= 4 is 11.7 Å². The summed E-state index contributed by atoms with van der Waals surface area (Å²) in [5.74, 6) is 2.44. The number of morpholine rings is 1. The highest BCUT2D eigenvalue weighted by Gasteiger charge is 2.31. The smallest absolute Gasteiger partial charge is 0.223 e. The van der Waals surface area contributed by atoms with Crippen LogP contribution in [0.2, 0.25) is 0 Å². The quantitative estimate of drug-likeness (QED) is 0.768. The second-order valence-corrected chi connectivity index (χ2v) is 10.3. The molecule has 0 bridgehead atoms. The highest BCUT2D eigenvalue weighted by atomic mass is 16.5. The predicted molar refractivity (Wildman–Crippen MR) is 116 cm³/mol. The van der Waals surface area contributed by atoms with Crippen molar-refractivity contribution in [2.45, 2.75) is 86.5 Å². The summed E-state index contributed by atoms with van der Waals surface area (Å²) in [6, 6.07) is 0. The van der Waals surface area contributed by atoms with Gasteiger partial charge < -0.3 is 14.5 Å². The highest BCUT2D eigenvalue weighted by molar-refractivity contribution is 5.77. The number of ether oxygens (including phenoxy) is 1. The van der Waals surface area contributed by atoms with Gasteiger partial charge in [0.15, 0.2) is 0 Å². The number of hydrogen-bond acceptors (Lipinski definition) is 5. The zero-order valence-corrected chi connectivity index (χ0v) is 19.3. The summed E-state index contributed by atoms with van der Waals surface area (Å²) >= 11 is 0. The minimum atomic E-state index is 0.171. The molecule has 0 unspecified atom stereocenters. The normalized spacial score (nSPS) is 23.7. The third kappa shape index (κ3) is 5.68. The lowest BCUT2D eigenvalue weighted by Gasteiger charge is -2.39. The molecule has 2 aliphatic rings. The van der Waals surface area contributed by atoms with Gasteiger partial charge in [-0.2, -0.15) is 0 Å². The molecule has 3 rings (SSSR count). The van der Waals surface area contributed by atoms with Gasteiger partial charge in [-0.3, -0.25) is 4.79 Å². The molecule has 3 heterocycles. The van der Waals surface area contributed by atoms with Gasteiger partial charge in [0, 0.05) is 38.0 Å². The van der Waals surface area contributed by atoms with Crippen molar-refractivity contribution in [3.8, 4) is 0 Å². The minimum Gasteiger partial charge on any atom is -0.372 e. The van der Waals surface area contributed by atoms with Crippen molar-refractivity contribution in [1.82, 2.24) is 14.9 Å². The molecule has 0 aliphatic carbocycles. The van der Waals surface area contributed by atoms with Crippen molar-refractivity contribution in [3.05, 3.63) is 17.1 Å². The van der Waals surface area contributed by atoms with Gasteiger partial charge in [0.05, 0.1) is 24.4 Å². The van der Waals surface area contributed by atoms with Crippen LogP contribution in [-0.2, 0) is 22.5 Å². The van der Waals surface area contributed by atoms with Crippen molar-refractivity contribution in [2.75, 3.05) is 24.5 Å². The predicted octanol–water partition coefficient (Wildman–Crippen LogP) is 3.75. The van der Waals surface area contributed by atoms with Crippen molar-refractivity contribution in [1.29, 1.82) is 0 Å². The lowest BCUT2D eigenvalue weighted by atomic mass is 9.84. The maximum absolute atomic E-state index is 13.0. The van der Waals surface area contributed by atoms with Crippen LogP contribution in [0.1, 0.15) is 71.5 Å². The molecule has 1 saturated heterocycles. The van der Waals surface area contributed by atoms with E-state index in [1.807, 2.05) is 11.8 Å². The molecule has 1 fully saturated rings. The Labute approximate surface area is 176 Å². The molecule has 6 heteroatoms. The molecule has 29 heavy (non-hydrogen) atoms. The van der Waals surface area contributed by atoms with Gasteiger partial charge in [-0.25, -0.2) is 9.97 Å². The van der Waals surface area contributed by atoms with E-state index in [4.69, 9.17) is 14.7 Å². The second kappa shape index (κ2) is 8.58. The maximum Gasteiger partial charge on any atom is 0.223 e. The van der Waals surface area contributed by atoms with Gasteiger partial charge in [0.25, 0.3) is 0 Å². The third-order valence-electron chi connectivity index (χ3n) is 5.71. The Hall–Kier alpha value is -1.69. The van der Waals surface area contributed by atoms with E-state index in [2.05, 4.69) is 46.4 Å². The SMILES string of the molecule is Cc1nc2c(c(N3C[C@@H](C)O[C@@H](C)C3)n1)CN(C(=O)C[C@@H](C)CC(C)(C)C)CC2. The number of carbonyl (C=O) groups is 1. The lowest BCUT2D eigenvalue weighted by Crippen LogP contribution is -2.47. The first kappa shape index (κ1) is 22.0. The van der Waals surface area contributed by atoms with Crippen LogP contribution < -0.4 is 4.90 Å². The molecule has 162 valence electrons. The van der Waals surface area contributed by atoms with Crippen LogP contribution in [0.4, 0.5) is 5.82 Å². The summed E-state index contributed by atoms with van der Waals surface area (Å²) in [7, 11) is 0. The number of rotatable bonds is 4. The molecule has 0 radical (unpaired) electrons. The second-order valence-electron chi connectivity index (χ2n) is 10.3. The summed E-state index contributed by atoms with van der Waals surface area (Å²) in [5.41, 5.74) is 2.47. The van der Waals surface area contributed by atoms with E-state index in [0.717, 1.165) is 55.4 Å². The van der Waals surface area contributed by atoms with E-state index < -0.39 is 0 Å². The third-order valence-corrected chi connectivity index (χ3v) is 5.71. The Morgan fingerprint density at radius 3 is 2.48 bits per heavy atom. The summed E-state index contributed by atoms with van der Waals surface area (Å²) in [5, 5.41) is 0. The zero-order chi connectivity index (χ0) is 21.3. The molecule has 1 amide bonds. The molecule has 1 aromatic rings. The number of aromatic nitrogens is 2. The average molecular weight is 403 g/mol. The van der Waals surface area contributed by atoms with Gasteiger partial charge in [-0.1, -0.05) is 27.7 Å². The molecular formula is C23H38N4O2. The van der Waals surface area contributed by atoms with Crippen LogP contribution in [-0.4, -0.2) is 52.6 Å². The summed E-state index contributed by atoms with van der Waals surface area (Å²) in [4.78, 5) is 26.9. The Kier molecular flexibility index (Phi) is 6.51. The first-order valence-corrected chi connectivity index (χ1v) is 11.1. The number of amides is 1. The Balaban J connectivity index is 1.77. The summed E-state index contributed by atoms with van der Waals surface area (Å²) in [6.07, 6.45) is 2.81. The number of aryl methyl sites for hydroxylation is 1. The monoisotopic (exact) mass is 402 g/mol. The molecule has 2 aliphatic heterocycles. The van der Waals surface area contributed by atoms with Gasteiger partial charge in [-0.15, -0.1) is 0 Å².